The maximum Gasteiger partial charge on any atom is 0.211 e. The summed E-state index contributed by atoms with van der Waals surface area (Å²) in [5.74, 6) is 1.85. The van der Waals surface area contributed by atoms with Gasteiger partial charge in [0.05, 0.1) is 0 Å². The number of Topliss-reactive ketones (excluding diaryl/α,β-unsaturated/α-hetero) is 1. The molecule has 0 spiro atoms. The van der Waals surface area contributed by atoms with Crippen LogP contribution in [-0.4, -0.2) is 18.0 Å². The molecule has 4 heteroatoms. The molecule has 1 amide bonds. The van der Waals surface area contributed by atoms with Crippen molar-refractivity contribution in [3.63, 3.8) is 0 Å². The van der Waals surface area contributed by atoms with E-state index in [1.54, 1.807) is 12.3 Å². The number of rotatable bonds is 6. The zero-order valence-corrected chi connectivity index (χ0v) is 23.1. The van der Waals surface area contributed by atoms with Crippen LogP contribution in [0.5, 0.6) is 0 Å². The molecule has 3 saturated carbocycles. The summed E-state index contributed by atoms with van der Waals surface area (Å²) in [6, 6.07) is 0. The molecule has 1 N–H and O–H groups in total. The van der Waals surface area contributed by atoms with E-state index in [2.05, 4.69) is 52.9 Å². The number of allylic oxidation sites excluding steroid dienone is 5. The summed E-state index contributed by atoms with van der Waals surface area (Å²) < 4.78 is 0. The third kappa shape index (κ3) is 3.56. The third-order valence-corrected chi connectivity index (χ3v) is 11.3. The molecule has 4 rings (SSSR count). The van der Waals surface area contributed by atoms with Crippen molar-refractivity contribution in [2.45, 2.75) is 93.9 Å². The Hall–Kier alpha value is -1.97. The first-order valence-electron chi connectivity index (χ1n) is 13.6. The molecular weight excluding hydrogens is 434 g/mol. The smallest absolute Gasteiger partial charge is 0.211 e. The van der Waals surface area contributed by atoms with E-state index in [0.29, 0.717) is 30.6 Å². The van der Waals surface area contributed by atoms with Crippen LogP contribution < -0.4 is 5.32 Å². The van der Waals surface area contributed by atoms with Crippen molar-refractivity contribution in [3.8, 4) is 0 Å². The van der Waals surface area contributed by atoms with Gasteiger partial charge in [-0.15, -0.1) is 0 Å². The van der Waals surface area contributed by atoms with Crippen molar-refractivity contribution in [1.82, 2.24) is 5.32 Å². The maximum absolute atomic E-state index is 13.6. The van der Waals surface area contributed by atoms with Gasteiger partial charge in [-0.3, -0.25) is 14.4 Å². The minimum Gasteiger partial charge on any atom is -0.335 e. The Kier molecular flexibility index (Phi) is 6.38. The van der Waals surface area contributed by atoms with Crippen LogP contribution in [-0.2, 0) is 14.4 Å². The number of carbonyl (C=O) groups is 3. The van der Waals surface area contributed by atoms with E-state index in [0.717, 1.165) is 43.3 Å². The predicted octanol–water partition coefficient (Wildman–Crippen LogP) is 6.57. The molecule has 0 radical (unpaired) electrons. The SMILES string of the molecule is CC(C)=CC(=O)C[C@H](C)[C@@H]1CC[C@]2(C)C3=CC[C@H]4C(C)(C)C(=O)C(=CNC=O)[C@]4(C)[C@H]3CC[C@@]12C. The van der Waals surface area contributed by atoms with Crippen molar-refractivity contribution >= 4 is 18.0 Å². The van der Waals surface area contributed by atoms with Crippen LogP contribution in [0.4, 0.5) is 0 Å². The number of hydrogen-bond acceptors (Lipinski definition) is 3. The molecule has 0 bridgehead atoms. The average molecular weight is 480 g/mol. The Labute approximate surface area is 212 Å². The highest BCUT2D eigenvalue weighted by Gasteiger charge is 2.68. The van der Waals surface area contributed by atoms with E-state index in [1.165, 1.54) is 5.57 Å². The lowest BCUT2D eigenvalue weighted by molar-refractivity contribution is -0.123. The van der Waals surface area contributed by atoms with Gasteiger partial charge < -0.3 is 5.32 Å². The summed E-state index contributed by atoms with van der Waals surface area (Å²) in [5, 5.41) is 2.71. The van der Waals surface area contributed by atoms with E-state index < -0.39 is 5.41 Å². The molecule has 0 aliphatic heterocycles. The minimum atomic E-state index is -0.438. The van der Waals surface area contributed by atoms with Crippen LogP contribution in [0.25, 0.3) is 0 Å². The highest BCUT2D eigenvalue weighted by atomic mass is 16.1. The fourth-order valence-electron chi connectivity index (χ4n) is 9.36. The highest BCUT2D eigenvalue weighted by molar-refractivity contribution is 6.04. The molecule has 3 fully saturated rings. The molecule has 0 unspecified atom stereocenters. The summed E-state index contributed by atoms with van der Waals surface area (Å²) in [6.45, 7) is 17.7. The average Bonchev–Trinajstić information content (AvgIpc) is 3.12. The van der Waals surface area contributed by atoms with Gasteiger partial charge in [0.2, 0.25) is 6.41 Å². The standard InChI is InChI=1S/C31H45NO3/c1-19(2)15-21(34)16-20(3)22-11-13-30(7)23-9-10-26-28(4,5)27(35)25(17-32-18-33)31(26,8)24(23)12-14-29(22,30)6/h9,15,17-18,20,22,24,26H,10-14,16H2,1-8H3,(H,32,33)/t20-,22-,24-,26-,29-,30+,31-/m0/s1. The second kappa shape index (κ2) is 8.56. The Morgan fingerprint density at radius 3 is 2.46 bits per heavy atom. The first-order valence-corrected chi connectivity index (χ1v) is 13.6. The van der Waals surface area contributed by atoms with E-state index in [1.807, 2.05) is 13.8 Å². The first kappa shape index (κ1) is 26.1. The van der Waals surface area contributed by atoms with Crippen LogP contribution in [0.15, 0.2) is 35.1 Å². The first-order chi connectivity index (χ1) is 16.2. The van der Waals surface area contributed by atoms with Crippen molar-refractivity contribution in [1.29, 1.82) is 0 Å². The van der Waals surface area contributed by atoms with E-state index >= 15 is 0 Å². The van der Waals surface area contributed by atoms with Crippen LogP contribution in [0, 0.1) is 45.3 Å². The molecule has 0 heterocycles. The number of carbonyl (C=O) groups excluding carboxylic acids is 3. The zero-order chi connectivity index (χ0) is 26.0. The third-order valence-electron chi connectivity index (χ3n) is 11.3. The Bertz CT molecular complexity index is 1030. The van der Waals surface area contributed by atoms with Crippen molar-refractivity contribution in [2.24, 2.45) is 45.3 Å². The summed E-state index contributed by atoms with van der Waals surface area (Å²) in [6.07, 6.45) is 12.7. The number of amides is 1. The van der Waals surface area contributed by atoms with Crippen LogP contribution in [0.3, 0.4) is 0 Å². The molecule has 0 aromatic rings. The lowest BCUT2D eigenvalue weighted by atomic mass is 9.44. The topological polar surface area (TPSA) is 63.2 Å². The molecule has 0 aromatic heterocycles. The van der Waals surface area contributed by atoms with Crippen molar-refractivity contribution in [3.05, 3.63) is 35.1 Å². The van der Waals surface area contributed by atoms with Crippen molar-refractivity contribution in [2.75, 3.05) is 0 Å². The number of fused-ring (bicyclic) bond motifs is 5. The quantitative estimate of drug-likeness (QED) is 0.266. The Morgan fingerprint density at radius 2 is 1.83 bits per heavy atom. The van der Waals surface area contributed by atoms with E-state index in [4.69, 9.17) is 0 Å². The summed E-state index contributed by atoms with van der Waals surface area (Å²) in [5.41, 5.74) is 2.92. The van der Waals surface area contributed by atoms with Gasteiger partial charge in [0.25, 0.3) is 0 Å². The Morgan fingerprint density at radius 1 is 1.14 bits per heavy atom. The Balaban J connectivity index is 1.70. The van der Waals surface area contributed by atoms with Gasteiger partial charge in [0.1, 0.15) is 0 Å². The lowest BCUT2D eigenvalue weighted by Gasteiger charge is -2.59. The largest absolute Gasteiger partial charge is 0.335 e. The fraction of sp³-hybridized carbons (Fsp3) is 0.710. The van der Waals surface area contributed by atoms with Crippen LogP contribution in [0.2, 0.25) is 0 Å². The molecular formula is C31H45NO3. The van der Waals surface area contributed by atoms with Crippen molar-refractivity contribution < 1.29 is 14.4 Å². The monoisotopic (exact) mass is 479 g/mol. The van der Waals surface area contributed by atoms with Crippen LogP contribution >= 0.6 is 0 Å². The van der Waals surface area contributed by atoms with Gasteiger partial charge in [-0.25, -0.2) is 0 Å². The molecule has 0 saturated heterocycles. The zero-order valence-electron chi connectivity index (χ0n) is 23.1. The van der Waals surface area contributed by atoms with Gasteiger partial charge in [-0.05, 0) is 86.5 Å². The number of nitrogens with one attached hydrogen (secondary N) is 1. The maximum atomic E-state index is 13.6. The van der Waals surface area contributed by atoms with Gasteiger partial charge in [0, 0.05) is 29.0 Å². The van der Waals surface area contributed by atoms with Crippen LogP contribution in [0.1, 0.15) is 93.9 Å². The normalized spacial score (nSPS) is 41.4. The molecule has 192 valence electrons. The van der Waals surface area contributed by atoms with E-state index in [-0.39, 0.29) is 33.7 Å². The number of ketones is 2. The van der Waals surface area contributed by atoms with Gasteiger partial charge >= 0.3 is 0 Å². The molecule has 4 nitrogen and oxygen atoms in total. The second-order valence-corrected chi connectivity index (χ2v) is 13.5. The van der Waals surface area contributed by atoms with E-state index in [9.17, 15) is 14.4 Å². The molecule has 4 aliphatic rings. The molecule has 7 atom stereocenters. The second-order valence-electron chi connectivity index (χ2n) is 13.5. The number of hydrogen-bond donors (Lipinski definition) is 1. The fourth-order valence-corrected chi connectivity index (χ4v) is 9.36. The predicted molar refractivity (Wildman–Crippen MR) is 140 cm³/mol. The van der Waals surface area contributed by atoms with Gasteiger partial charge in [0.15, 0.2) is 11.6 Å². The summed E-state index contributed by atoms with van der Waals surface area (Å²) >= 11 is 0. The van der Waals surface area contributed by atoms with Gasteiger partial charge in [-0.2, -0.15) is 0 Å². The highest BCUT2D eigenvalue weighted by Crippen LogP contribution is 2.74. The minimum absolute atomic E-state index is 0.0708. The molecule has 35 heavy (non-hydrogen) atoms. The summed E-state index contributed by atoms with van der Waals surface area (Å²) in [7, 11) is 0. The summed E-state index contributed by atoms with van der Waals surface area (Å²) in [4.78, 5) is 37.4. The molecule has 4 aliphatic carbocycles. The lowest BCUT2D eigenvalue weighted by Crippen LogP contribution is -2.52. The van der Waals surface area contributed by atoms with Gasteiger partial charge in [-0.1, -0.05) is 58.8 Å². The molecule has 0 aromatic carbocycles.